The van der Waals surface area contributed by atoms with E-state index in [9.17, 15) is 4.79 Å². The zero-order valence-corrected chi connectivity index (χ0v) is 25.7. The number of benzene rings is 2. The van der Waals surface area contributed by atoms with Crippen molar-refractivity contribution >= 4 is 45.2 Å². The molecule has 0 aliphatic carbocycles. The highest BCUT2D eigenvalue weighted by atomic mass is 35.5. The number of aromatic nitrogens is 3. The summed E-state index contributed by atoms with van der Waals surface area (Å²) in [6.45, 7) is 8.81. The van der Waals surface area contributed by atoms with Gasteiger partial charge in [0.05, 0.1) is 5.39 Å². The summed E-state index contributed by atoms with van der Waals surface area (Å²) in [4.78, 5) is 32.5. The molecule has 1 amide bonds. The molecule has 226 valence electrons. The number of likely N-dealkylation sites (tertiary alicyclic amines) is 1. The highest BCUT2D eigenvalue weighted by Gasteiger charge is 2.29. The molecule has 0 N–H and O–H groups in total. The van der Waals surface area contributed by atoms with E-state index in [0.29, 0.717) is 54.6 Å². The SMILES string of the molecule is CN1CCC[C@H]1COc1nc(N2CCN(C(=O)OC(C)(C)C)CC2)c2cnc(-c3cccc4cccc(Cl)c34)c(F)c2n1. The van der Waals surface area contributed by atoms with Crippen molar-refractivity contribution in [3.8, 4) is 17.3 Å². The Bertz CT molecular complexity index is 1670. The highest BCUT2D eigenvalue weighted by Crippen LogP contribution is 2.37. The molecule has 2 saturated heterocycles. The normalized spacial score (nSPS) is 18.0. The maximum Gasteiger partial charge on any atom is 0.410 e. The molecule has 11 heteroatoms. The van der Waals surface area contributed by atoms with E-state index >= 15 is 4.39 Å². The predicted octanol–water partition coefficient (Wildman–Crippen LogP) is 6.17. The summed E-state index contributed by atoms with van der Waals surface area (Å²) in [6, 6.07) is 11.6. The molecule has 0 radical (unpaired) electrons. The second-order valence-corrected chi connectivity index (χ2v) is 12.6. The first-order chi connectivity index (χ1) is 20.6. The fraction of sp³-hybridized carbons (Fsp3) is 0.438. The van der Waals surface area contributed by atoms with Crippen LogP contribution in [0.5, 0.6) is 6.01 Å². The first-order valence-electron chi connectivity index (χ1n) is 14.7. The molecule has 2 aromatic heterocycles. The number of rotatable bonds is 5. The van der Waals surface area contributed by atoms with E-state index in [1.165, 1.54) is 0 Å². The fourth-order valence-corrected chi connectivity index (χ4v) is 6.08. The van der Waals surface area contributed by atoms with Gasteiger partial charge in [-0.2, -0.15) is 9.97 Å². The zero-order chi connectivity index (χ0) is 30.3. The molecule has 6 rings (SSSR count). The Labute approximate surface area is 255 Å². The number of fused-ring (bicyclic) bond motifs is 2. The van der Waals surface area contributed by atoms with Crippen molar-refractivity contribution in [1.29, 1.82) is 0 Å². The van der Waals surface area contributed by atoms with Crippen LogP contribution in [-0.4, -0.2) is 88.9 Å². The minimum Gasteiger partial charge on any atom is -0.462 e. The first-order valence-corrected chi connectivity index (χ1v) is 15.1. The molecule has 2 aliphatic heterocycles. The van der Waals surface area contributed by atoms with Crippen LogP contribution in [0.4, 0.5) is 15.0 Å². The van der Waals surface area contributed by atoms with Crippen LogP contribution >= 0.6 is 11.6 Å². The van der Waals surface area contributed by atoms with Crippen molar-refractivity contribution in [1.82, 2.24) is 24.8 Å². The van der Waals surface area contributed by atoms with Gasteiger partial charge in [0.15, 0.2) is 5.82 Å². The molecule has 43 heavy (non-hydrogen) atoms. The Morgan fingerprint density at radius 2 is 1.81 bits per heavy atom. The monoisotopic (exact) mass is 606 g/mol. The van der Waals surface area contributed by atoms with Gasteiger partial charge in [0.25, 0.3) is 0 Å². The van der Waals surface area contributed by atoms with Crippen molar-refractivity contribution in [2.75, 3.05) is 51.3 Å². The van der Waals surface area contributed by atoms with Crippen LogP contribution in [0.25, 0.3) is 32.9 Å². The third-order valence-electron chi connectivity index (χ3n) is 8.06. The summed E-state index contributed by atoms with van der Waals surface area (Å²) in [5, 5.41) is 2.61. The van der Waals surface area contributed by atoms with Crippen molar-refractivity contribution in [2.45, 2.75) is 45.3 Å². The summed E-state index contributed by atoms with van der Waals surface area (Å²) in [5.74, 6) is -0.0405. The van der Waals surface area contributed by atoms with Crippen LogP contribution in [0.2, 0.25) is 5.02 Å². The summed E-state index contributed by atoms with van der Waals surface area (Å²) < 4.78 is 28.2. The molecular formula is C32H36ClFN6O3. The number of pyridine rings is 1. The Hall–Kier alpha value is -3.76. The minimum atomic E-state index is -0.577. The molecule has 0 bridgehead atoms. The number of halogens is 2. The lowest BCUT2D eigenvalue weighted by molar-refractivity contribution is 0.0240. The average molecular weight is 607 g/mol. The van der Waals surface area contributed by atoms with Crippen molar-refractivity contribution in [2.24, 2.45) is 0 Å². The van der Waals surface area contributed by atoms with E-state index in [2.05, 4.69) is 21.9 Å². The topological polar surface area (TPSA) is 83.9 Å². The van der Waals surface area contributed by atoms with Crippen LogP contribution in [0.15, 0.2) is 42.6 Å². The molecule has 4 aromatic rings. The van der Waals surface area contributed by atoms with E-state index < -0.39 is 11.4 Å². The molecular weight excluding hydrogens is 571 g/mol. The Kier molecular flexibility index (Phi) is 8.00. The fourth-order valence-electron chi connectivity index (χ4n) is 5.80. The molecule has 9 nitrogen and oxygen atoms in total. The van der Waals surface area contributed by atoms with Crippen molar-refractivity contribution < 1.29 is 18.7 Å². The first kappa shape index (κ1) is 29.3. The summed E-state index contributed by atoms with van der Waals surface area (Å²) in [5.41, 5.74) is 0.297. The largest absolute Gasteiger partial charge is 0.462 e. The molecule has 2 fully saturated rings. The molecule has 0 spiro atoms. The average Bonchev–Trinajstić information content (AvgIpc) is 3.39. The van der Waals surface area contributed by atoms with Crippen LogP contribution < -0.4 is 9.64 Å². The zero-order valence-electron chi connectivity index (χ0n) is 24.9. The number of amides is 1. The number of nitrogens with zero attached hydrogens (tertiary/aromatic N) is 6. The van der Waals surface area contributed by atoms with Crippen LogP contribution in [0.3, 0.4) is 0 Å². The lowest BCUT2D eigenvalue weighted by Crippen LogP contribution is -2.50. The van der Waals surface area contributed by atoms with E-state index in [0.717, 1.165) is 30.2 Å². The Balaban J connectivity index is 1.38. The molecule has 2 aliphatic rings. The third-order valence-corrected chi connectivity index (χ3v) is 8.37. The molecule has 0 unspecified atom stereocenters. The van der Waals surface area contributed by atoms with Crippen LogP contribution in [-0.2, 0) is 4.74 Å². The van der Waals surface area contributed by atoms with Crippen LogP contribution in [0.1, 0.15) is 33.6 Å². The van der Waals surface area contributed by atoms with Gasteiger partial charge in [0.2, 0.25) is 0 Å². The number of piperazine rings is 1. The van der Waals surface area contributed by atoms with Crippen molar-refractivity contribution in [3.63, 3.8) is 0 Å². The summed E-state index contributed by atoms with van der Waals surface area (Å²) in [6.07, 6.45) is 3.39. The second-order valence-electron chi connectivity index (χ2n) is 12.2. The minimum absolute atomic E-state index is 0.115. The van der Waals surface area contributed by atoms with E-state index in [1.807, 2.05) is 56.0 Å². The predicted molar refractivity (Wildman–Crippen MR) is 166 cm³/mol. The number of ether oxygens (including phenoxy) is 2. The van der Waals surface area contributed by atoms with Gasteiger partial charge in [-0.05, 0) is 58.7 Å². The van der Waals surface area contributed by atoms with Gasteiger partial charge in [-0.25, -0.2) is 9.18 Å². The van der Waals surface area contributed by atoms with Crippen molar-refractivity contribution in [3.05, 3.63) is 53.4 Å². The maximum absolute atomic E-state index is 16.5. The number of likely N-dealkylation sites (N-methyl/N-ethyl adjacent to an activating group) is 1. The number of carbonyl (C=O) groups is 1. The van der Waals surface area contributed by atoms with Gasteiger partial charge in [-0.1, -0.05) is 41.9 Å². The lowest BCUT2D eigenvalue weighted by Gasteiger charge is -2.36. The number of carbonyl (C=O) groups excluding carboxylic acids is 1. The highest BCUT2D eigenvalue weighted by molar-refractivity contribution is 6.36. The van der Waals surface area contributed by atoms with Gasteiger partial charge >= 0.3 is 12.1 Å². The van der Waals surface area contributed by atoms with Crippen LogP contribution in [0, 0.1) is 5.82 Å². The number of hydrogen-bond acceptors (Lipinski definition) is 8. The molecule has 1 atom stereocenters. The molecule has 0 saturated carbocycles. The van der Waals surface area contributed by atoms with Gasteiger partial charge < -0.3 is 24.2 Å². The second kappa shape index (κ2) is 11.7. The number of anilines is 1. The maximum atomic E-state index is 16.5. The van der Waals surface area contributed by atoms with Gasteiger partial charge in [0.1, 0.15) is 29.2 Å². The quantitative estimate of drug-likeness (QED) is 0.267. The molecule has 4 heterocycles. The summed E-state index contributed by atoms with van der Waals surface area (Å²) in [7, 11) is 2.07. The van der Waals surface area contributed by atoms with E-state index in [1.54, 1.807) is 17.2 Å². The third kappa shape index (κ3) is 6.03. The molecule has 2 aromatic carbocycles. The lowest BCUT2D eigenvalue weighted by atomic mass is 10.0. The Morgan fingerprint density at radius 1 is 1.07 bits per heavy atom. The summed E-state index contributed by atoms with van der Waals surface area (Å²) >= 11 is 6.58. The van der Waals surface area contributed by atoms with E-state index in [4.69, 9.17) is 26.1 Å². The van der Waals surface area contributed by atoms with Gasteiger partial charge in [0, 0.05) is 54.4 Å². The standard InChI is InChI=1S/C32H36ClFN6O3/c1-32(2,3)43-31(41)40-16-14-39(15-17-40)29-23-18-35-27(22-11-5-8-20-9-6-12-24(33)25(20)22)26(34)28(23)36-30(37-29)42-19-21-10-7-13-38(21)4/h5-6,8-9,11-12,18,21H,7,10,13-17,19H2,1-4H3/t21-/m0/s1. The van der Waals surface area contributed by atoms with Gasteiger partial charge in [-0.3, -0.25) is 4.98 Å². The Morgan fingerprint density at radius 3 is 2.51 bits per heavy atom. The number of hydrogen-bond donors (Lipinski definition) is 0. The smallest absolute Gasteiger partial charge is 0.410 e. The van der Waals surface area contributed by atoms with Gasteiger partial charge in [-0.15, -0.1) is 0 Å². The van der Waals surface area contributed by atoms with E-state index in [-0.39, 0.29) is 29.4 Å².